The van der Waals surface area contributed by atoms with Crippen molar-refractivity contribution in [3.05, 3.63) is 60.2 Å². The van der Waals surface area contributed by atoms with Crippen molar-refractivity contribution < 1.29 is 9.53 Å². The van der Waals surface area contributed by atoms with E-state index >= 15 is 0 Å². The van der Waals surface area contributed by atoms with Gasteiger partial charge in [0, 0.05) is 31.7 Å². The molecule has 0 spiro atoms. The van der Waals surface area contributed by atoms with Gasteiger partial charge < -0.3 is 9.64 Å². The summed E-state index contributed by atoms with van der Waals surface area (Å²) in [7, 11) is 0. The topological polar surface area (TPSA) is 32.8 Å². The lowest BCUT2D eigenvalue weighted by Crippen LogP contribution is -2.56. The van der Waals surface area contributed by atoms with Crippen molar-refractivity contribution in [3.63, 3.8) is 0 Å². The van der Waals surface area contributed by atoms with Gasteiger partial charge in [0.05, 0.1) is 6.42 Å². The Hall–Kier alpha value is -2.33. The molecule has 1 saturated heterocycles. The number of carbonyl (C=O) groups excluding carboxylic acids is 1. The van der Waals surface area contributed by atoms with Crippen molar-refractivity contribution >= 4 is 5.91 Å². The van der Waals surface area contributed by atoms with Gasteiger partial charge in [-0.05, 0) is 62.4 Å². The molecule has 0 unspecified atom stereocenters. The summed E-state index contributed by atoms with van der Waals surface area (Å²) in [6, 6.07) is 17.6. The molecular weight excluding hydrogens is 348 g/mol. The smallest absolute Gasteiger partial charge is 0.227 e. The summed E-state index contributed by atoms with van der Waals surface area (Å²) < 4.78 is 5.89. The van der Waals surface area contributed by atoms with Crippen LogP contribution in [0.1, 0.15) is 32.3 Å². The lowest BCUT2D eigenvalue weighted by molar-refractivity contribution is -0.133. The van der Waals surface area contributed by atoms with Gasteiger partial charge in [-0.25, -0.2) is 0 Å². The Morgan fingerprint density at radius 1 is 0.964 bits per heavy atom. The Labute approximate surface area is 168 Å². The Morgan fingerprint density at radius 3 is 2.32 bits per heavy atom. The molecule has 0 aromatic heterocycles. The minimum absolute atomic E-state index is 0.209. The van der Waals surface area contributed by atoms with Gasteiger partial charge in [-0.3, -0.25) is 9.69 Å². The maximum Gasteiger partial charge on any atom is 0.227 e. The van der Waals surface area contributed by atoms with Crippen LogP contribution in [0.2, 0.25) is 0 Å². The SMILES string of the molecule is CC(C)(C1CC1)N1CCN(C(=O)Cc2cccc(Oc3ccccc3)c2)CC1. The van der Waals surface area contributed by atoms with E-state index in [0.29, 0.717) is 6.42 Å². The maximum absolute atomic E-state index is 12.8. The largest absolute Gasteiger partial charge is 0.457 e. The second kappa shape index (κ2) is 7.96. The van der Waals surface area contributed by atoms with E-state index in [-0.39, 0.29) is 11.4 Å². The third-order valence-electron chi connectivity index (χ3n) is 6.26. The molecule has 4 heteroatoms. The number of piperazine rings is 1. The molecule has 1 aliphatic heterocycles. The van der Waals surface area contributed by atoms with E-state index in [1.54, 1.807) is 0 Å². The predicted octanol–water partition coefficient (Wildman–Crippen LogP) is 4.35. The lowest BCUT2D eigenvalue weighted by Gasteiger charge is -2.44. The van der Waals surface area contributed by atoms with Crippen molar-refractivity contribution in [2.24, 2.45) is 5.92 Å². The Morgan fingerprint density at radius 2 is 1.64 bits per heavy atom. The minimum Gasteiger partial charge on any atom is -0.457 e. The van der Waals surface area contributed by atoms with Gasteiger partial charge in [0.1, 0.15) is 11.5 Å². The Kier molecular flexibility index (Phi) is 5.40. The van der Waals surface area contributed by atoms with Gasteiger partial charge in [0.15, 0.2) is 0 Å². The summed E-state index contributed by atoms with van der Waals surface area (Å²) in [5, 5.41) is 0. The number of rotatable bonds is 6. The quantitative estimate of drug-likeness (QED) is 0.749. The van der Waals surface area contributed by atoms with Gasteiger partial charge in [-0.1, -0.05) is 30.3 Å². The highest BCUT2D eigenvalue weighted by Gasteiger charge is 2.42. The van der Waals surface area contributed by atoms with Gasteiger partial charge in [0.25, 0.3) is 0 Å². The van der Waals surface area contributed by atoms with Crippen LogP contribution in [0.15, 0.2) is 54.6 Å². The standard InChI is InChI=1S/C24H30N2O2/c1-24(2,20-11-12-20)26-15-13-25(14-16-26)23(27)18-19-7-6-10-22(17-19)28-21-8-4-3-5-9-21/h3-10,17,20H,11-16,18H2,1-2H3. The zero-order chi connectivity index (χ0) is 19.6. The van der Waals surface area contributed by atoms with Crippen LogP contribution in [0.25, 0.3) is 0 Å². The van der Waals surface area contributed by atoms with Crippen molar-refractivity contribution in [3.8, 4) is 11.5 Å². The number of nitrogens with zero attached hydrogens (tertiary/aromatic N) is 2. The average Bonchev–Trinajstić information content (AvgIpc) is 3.55. The molecule has 1 aliphatic carbocycles. The first-order valence-electron chi connectivity index (χ1n) is 10.4. The fourth-order valence-electron chi connectivity index (χ4n) is 4.21. The lowest BCUT2D eigenvalue weighted by atomic mass is 9.95. The number of hydrogen-bond acceptors (Lipinski definition) is 3. The molecule has 148 valence electrons. The molecular formula is C24H30N2O2. The third-order valence-corrected chi connectivity index (χ3v) is 6.26. The van der Waals surface area contributed by atoms with Crippen LogP contribution in [0, 0.1) is 5.92 Å². The first-order valence-corrected chi connectivity index (χ1v) is 10.4. The Balaban J connectivity index is 1.32. The number of para-hydroxylation sites is 1. The summed E-state index contributed by atoms with van der Waals surface area (Å²) in [4.78, 5) is 17.4. The molecule has 1 heterocycles. The second-order valence-corrected chi connectivity index (χ2v) is 8.54. The molecule has 1 amide bonds. The van der Waals surface area contributed by atoms with Crippen LogP contribution in [0.3, 0.4) is 0 Å². The van der Waals surface area contributed by atoms with E-state index in [0.717, 1.165) is 49.2 Å². The fourth-order valence-corrected chi connectivity index (χ4v) is 4.21. The molecule has 2 aromatic rings. The van der Waals surface area contributed by atoms with Gasteiger partial charge >= 0.3 is 0 Å². The van der Waals surface area contributed by atoms with E-state index in [9.17, 15) is 4.79 Å². The molecule has 28 heavy (non-hydrogen) atoms. The fraction of sp³-hybridized carbons (Fsp3) is 0.458. The van der Waals surface area contributed by atoms with Gasteiger partial charge in [-0.15, -0.1) is 0 Å². The van der Waals surface area contributed by atoms with Crippen LogP contribution >= 0.6 is 0 Å². The molecule has 0 atom stereocenters. The summed E-state index contributed by atoms with van der Waals surface area (Å²) >= 11 is 0. The summed E-state index contributed by atoms with van der Waals surface area (Å²) in [6.45, 7) is 8.34. The van der Waals surface area contributed by atoms with E-state index in [4.69, 9.17) is 4.74 Å². The molecule has 4 nitrogen and oxygen atoms in total. The predicted molar refractivity (Wildman–Crippen MR) is 112 cm³/mol. The molecule has 4 rings (SSSR count). The van der Waals surface area contributed by atoms with Crippen LogP contribution < -0.4 is 4.74 Å². The van der Waals surface area contributed by atoms with E-state index in [1.807, 2.05) is 59.5 Å². The number of hydrogen-bond donors (Lipinski definition) is 0. The highest BCUT2D eigenvalue weighted by molar-refractivity contribution is 5.79. The molecule has 2 aliphatic rings. The Bertz CT molecular complexity index is 806. The van der Waals surface area contributed by atoms with Crippen molar-refractivity contribution in [1.82, 2.24) is 9.80 Å². The monoisotopic (exact) mass is 378 g/mol. The molecule has 0 N–H and O–H groups in total. The highest BCUT2D eigenvalue weighted by Crippen LogP contribution is 2.43. The summed E-state index contributed by atoms with van der Waals surface area (Å²) in [5.41, 5.74) is 1.28. The van der Waals surface area contributed by atoms with Gasteiger partial charge in [-0.2, -0.15) is 0 Å². The minimum atomic E-state index is 0.209. The molecule has 1 saturated carbocycles. The normalized spacial score (nSPS) is 18.1. The van der Waals surface area contributed by atoms with Crippen molar-refractivity contribution in [2.45, 2.75) is 38.6 Å². The van der Waals surface area contributed by atoms with Crippen molar-refractivity contribution in [2.75, 3.05) is 26.2 Å². The second-order valence-electron chi connectivity index (χ2n) is 8.54. The zero-order valence-corrected chi connectivity index (χ0v) is 16.9. The average molecular weight is 379 g/mol. The van der Waals surface area contributed by atoms with Crippen LogP contribution in [-0.2, 0) is 11.2 Å². The van der Waals surface area contributed by atoms with Crippen LogP contribution in [0.5, 0.6) is 11.5 Å². The number of ether oxygens (including phenoxy) is 1. The van der Waals surface area contributed by atoms with E-state index in [1.165, 1.54) is 12.8 Å². The van der Waals surface area contributed by atoms with E-state index < -0.39 is 0 Å². The van der Waals surface area contributed by atoms with E-state index in [2.05, 4.69) is 18.7 Å². The molecule has 2 aromatic carbocycles. The molecule has 0 bridgehead atoms. The van der Waals surface area contributed by atoms with Crippen molar-refractivity contribution in [1.29, 1.82) is 0 Å². The number of carbonyl (C=O) groups is 1. The first-order chi connectivity index (χ1) is 13.5. The van der Waals surface area contributed by atoms with Gasteiger partial charge in [0.2, 0.25) is 5.91 Å². The third kappa shape index (κ3) is 4.39. The highest BCUT2D eigenvalue weighted by atomic mass is 16.5. The maximum atomic E-state index is 12.8. The molecule has 2 fully saturated rings. The summed E-state index contributed by atoms with van der Waals surface area (Å²) in [5.74, 6) is 2.62. The zero-order valence-electron chi connectivity index (χ0n) is 16.9. The summed E-state index contributed by atoms with van der Waals surface area (Å²) in [6.07, 6.45) is 3.14. The van der Waals surface area contributed by atoms with Crippen LogP contribution in [-0.4, -0.2) is 47.4 Å². The molecule has 0 radical (unpaired) electrons. The number of benzene rings is 2. The van der Waals surface area contributed by atoms with Crippen LogP contribution in [0.4, 0.5) is 0 Å². The first kappa shape index (κ1) is 19.0. The number of amides is 1.